The summed E-state index contributed by atoms with van der Waals surface area (Å²) in [6, 6.07) is 55.0. The van der Waals surface area contributed by atoms with E-state index in [1.54, 1.807) is 0 Å². The lowest BCUT2D eigenvalue weighted by molar-refractivity contribution is 1.28. The minimum absolute atomic E-state index is 1.14. The molecule has 0 saturated carbocycles. The van der Waals surface area contributed by atoms with Crippen molar-refractivity contribution in [2.24, 2.45) is 0 Å². The average molecular weight is 640 g/mol. The molecule has 9 aromatic rings. The molecule has 10 rings (SSSR count). The Kier molecular flexibility index (Phi) is 5.85. The van der Waals surface area contributed by atoms with Crippen LogP contribution in [0.25, 0.3) is 72.7 Å². The molecule has 0 amide bonds. The van der Waals surface area contributed by atoms with Crippen LogP contribution >= 0.6 is 34.0 Å². The number of benzene rings is 6. The van der Waals surface area contributed by atoms with E-state index in [4.69, 9.17) is 0 Å². The van der Waals surface area contributed by atoms with Gasteiger partial charge in [0.1, 0.15) is 0 Å². The predicted octanol–water partition coefficient (Wildman–Crippen LogP) is 13.8. The van der Waals surface area contributed by atoms with Gasteiger partial charge in [-0.15, -0.1) is 34.0 Å². The molecule has 0 atom stereocenters. The van der Waals surface area contributed by atoms with E-state index in [9.17, 15) is 0 Å². The van der Waals surface area contributed by atoms with Gasteiger partial charge in [-0.1, -0.05) is 109 Å². The summed E-state index contributed by atoms with van der Waals surface area (Å²) in [5.41, 5.74) is 11.4. The van der Waals surface area contributed by atoms with Gasteiger partial charge >= 0.3 is 0 Å². The van der Waals surface area contributed by atoms with Crippen LogP contribution in [-0.4, -0.2) is 0 Å². The molecule has 0 saturated heterocycles. The lowest BCUT2D eigenvalue weighted by atomic mass is 10.0. The second-order valence-electron chi connectivity index (χ2n) is 11.7. The molecule has 0 bridgehead atoms. The van der Waals surface area contributed by atoms with Gasteiger partial charge in [0.05, 0.1) is 13.4 Å². The highest BCUT2D eigenvalue weighted by Crippen LogP contribution is 2.58. The van der Waals surface area contributed by atoms with Gasteiger partial charge in [-0.25, -0.2) is 0 Å². The van der Waals surface area contributed by atoms with Crippen molar-refractivity contribution in [3.05, 3.63) is 152 Å². The van der Waals surface area contributed by atoms with E-state index in [0.717, 1.165) is 17.1 Å². The van der Waals surface area contributed by atoms with Crippen LogP contribution in [0, 0.1) is 0 Å². The molecule has 4 heteroatoms. The SMILES string of the molecule is c1ccc(N(c2ccccc2)c2cccc(-c3ccc(-c4cc5c(s4)sc4c6c(sc45)-c4cccc5cccc-6c45)cc3)c2)cc1. The van der Waals surface area contributed by atoms with Gasteiger partial charge < -0.3 is 4.90 Å². The van der Waals surface area contributed by atoms with Gasteiger partial charge in [-0.2, -0.15) is 0 Å². The second-order valence-corrected chi connectivity index (χ2v) is 15.1. The van der Waals surface area contributed by atoms with Crippen LogP contribution in [0.4, 0.5) is 17.1 Å². The summed E-state index contributed by atoms with van der Waals surface area (Å²) in [5, 5.41) is 4.17. The highest BCUT2D eigenvalue weighted by molar-refractivity contribution is 7.46. The van der Waals surface area contributed by atoms with Crippen LogP contribution < -0.4 is 4.90 Å². The fourth-order valence-corrected chi connectivity index (χ4v) is 11.2. The fraction of sp³-hybridized carbons (Fsp3) is 0. The summed E-state index contributed by atoms with van der Waals surface area (Å²) in [4.78, 5) is 5.09. The molecular formula is C42H25NS3. The van der Waals surface area contributed by atoms with Gasteiger partial charge in [-0.05, 0) is 75.5 Å². The van der Waals surface area contributed by atoms with Crippen LogP contribution in [0.5, 0.6) is 0 Å². The highest BCUT2D eigenvalue weighted by atomic mass is 32.2. The molecule has 1 aliphatic rings. The van der Waals surface area contributed by atoms with E-state index in [-0.39, 0.29) is 0 Å². The number of rotatable bonds is 5. The predicted molar refractivity (Wildman–Crippen MR) is 203 cm³/mol. The largest absolute Gasteiger partial charge is 0.310 e. The molecule has 216 valence electrons. The van der Waals surface area contributed by atoms with Gasteiger partial charge in [0.15, 0.2) is 0 Å². The van der Waals surface area contributed by atoms with E-state index >= 15 is 0 Å². The molecule has 6 aromatic carbocycles. The normalized spacial score (nSPS) is 11.9. The Balaban J connectivity index is 0.996. The third-order valence-electron chi connectivity index (χ3n) is 9.06. The van der Waals surface area contributed by atoms with E-state index in [1.165, 1.54) is 72.7 Å². The Morgan fingerprint density at radius 1 is 0.435 bits per heavy atom. The maximum atomic E-state index is 2.42. The molecule has 0 N–H and O–H groups in total. The molecule has 0 spiro atoms. The monoisotopic (exact) mass is 639 g/mol. The number of fused-ring (bicyclic) bond motifs is 7. The summed E-state index contributed by atoms with van der Waals surface area (Å²) in [5.74, 6) is 0. The smallest absolute Gasteiger partial charge is 0.0892 e. The lowest BCUT2D eigenvalue weighted by Gasteiger charge is -2.25. The van der Waals surface area contributed by atoms with Crippen LogP contribution in [0.15, 0.2) is 152 Å². The van der Waals surface area contributed by atoms with Crippen molar-refractivity contribution < 1.29 is 0 Å². The van der Waals surface area contributed by atoms with Crippen molar-refractivity contribution in [3.63, 3.8) is 0 Å². The maximum Gasteiger partial charge on any atom is 0.0892 e. The molecule has 1 nitrogen and oxygen atoms in total. The molecule has 0 unspecified atom stereocenters. The maximum absolute atomic E-state index is 2.42. The Morgan fingerprint density at radius 2 is 1.09 bits per heavy atom. The first-order valence-electron chi connectivity index (χ1n) is 15.4. The minimum atomic E-state index is 1.14. The van der Waals surface area contributed by atoms with Crippen molar-refractivity contribution in [2.45, 2.75) is 0 Å². The molecule has 0 aliphatic heterocycles. The van der Waals surface area contributed by atoms with Crippen LogP contribution in [-0.2, 0) is 0 Å². The van der Waals surface area contributed by atoms with Crippen LogP contribution in [0.3, 0.4) is 0 Å². The van der Waals surface area contributed by atoms with E-state index < -0.39 is 0 Å². The highest BCUT2D eigenvalue weighted by Gasteiger charge is 2.28. The quantitative estimate of drug-likeness (QED) is 0.181. The van der Waals surface area contributed by atoms with E-state index in [1.807, 2.05) is 34.0 Å². The summed E-state index contributed by atoms with van der Waals surface area (Å²) in [7, 11) is 0. The van der Waals surface area contributed by atoms with E-state index in [2.05, 4.69) is 157 Å². The summed E-state index contributed by atoms with van der Waals surface area (Å²) >= 11 is 5.87. The van der Waals surface area contributed by atoms with Crippen molar-refractivity contribution in [1.82, 2.24) is 0 Å². The van der Waals surface area contributed by atoms with Crippen molar-refractivity contribution in [3.8, 4) is 43.1 Å². The summed E-state index contributed by atoms with van der Waals surface area (Å²) in [6.07, 6.45) is 0. The Bertz CT molecular complexity index is 2530. The van der Waals surface area contributed by atoms with Crippen molar-refractivity contribution >= 4 is 80.6 Å². The first-order valence-corrected chi connectivity index (χ1v) is 17.9. The van der Waals surface area contributed by atoms with Gasteiger partial charge in [0.25, 0.3) is 0 Å². The molecule has 3 heterocycles. The topological polar surface area (TPSA) is 3.24 Å². The molecule has 3 aromatic heterocycles. The Hall–Kier alpha value is -5.00. The van der Waals surface area contributed by atoms with Crippen LogP contribution in [0.1, 0.15) is 0 Å². The lowest BCUT2D eigenvalue weighted by Crippen LogP contribution is -2.09. The van der Waals surface area contributed by atoms with Gasteiger partial charge in [-0.3, -0.25) is 0 Å². The number of thiophene rings is 3. The standard InChI is InChI=1S/C42H25NS3/c1-3-13-30(14-4-1)43(31-15-5-2-6-16-31)32-17-7-12-29(24-32)26-20-22-27(23-21-26)36-25-35-40-41(46-42(35)44-36)38-33-18-8-10-28-11-9-19-34(37(28)33)39(38)45-40/h1-25H. The zero-order valence-corrected chi connectivity index (χ0v) is 27.1. The Labute approximate surface area is 278 Å². The molecule has 1 aliphatic carbocycles. The zero-order chi connectivity index (χ0) is 30.2. The van der Waals surface area contributed by atoms with Gasteiger partial charge in [0, 0.05) is 43.3 Å². The third kappa shape index (κ3) is 3.98. The van der Waals surface area contributed by atoms with Crippen LogP contribution in [0.2, 0.25) is 0 Å². The number of para-hydroxylation sites is 2. The second kappa shape index (κ2) is 10.3. The third-order valence-corrected chi connectivity index (χ3v) is 12.9. The van der Waals surface area contributed by atoms with Crippen molar-refractivity contribution in [2.75, 3.05) is 4.90 Å². The molecular weight excluding hydrogens is 615 g/mol. The summed E-state index contributed by atoms with van der Waals surface area (Å²) < 4.78 is 4.31. The molecule has 46 heavy (non-hydrogen) atoms. The first kappa shape index (κ1) is 26.2. The molecule has 0 radical (unpaired) electrons. The van der Waals surface area contributed by atoms with E-state index in [0.29, 0.717) is 0 Å². The summed E-state index contributed by atoms with van der Waals surface area (Å²) in [6.45, 7) is 0. The van der Waals surface area contributed by atoms with Crippen molar-refractivity contribution in [1.29, 1.82) is 0 Å². The first-order chi connectivity index (χ1) is 22.8. The van der Waals surface area contributed by atoms with Gasteiger partial charge in [0.2, 0.25) is 0 Å². The number of hydrogen-bond donors (Lipinski definition) is 0. The number of nitrogens with zero attached hydrogens (tertiary/aromatic N) is 1. The number of anilines is 3. The molecule has 0 fully saturated rings. The minimum Gasteiger partial charge on any atom is -0.310 e. The average Bonchev–Trinajstić information content (AvgIpc) is 3.85. The number of hydrogen-bond acceptors (Lipinski definition) is 4. The Morgan fingerprint density at radius 3 is 1.83 bits per heavy atom. The zero-order valence-electron chi connectivity index (χ0n) is 24.6. The fourth-order valence-electron chi connectivity index (χ4n) is 6.96.